The number of nitrogens with zero attached hydrogens (tertiary/aromatic N) is 1. The highest BCUT2D eigenvalue weighted by atomic mass is 35.5. The van der Waals surface area contributed by atoms with Gasteiger partial charge in [-0.05, 0) is 12.1 Å². The van der Waals surface area contributed by atoms with Gasteiger partial charge in [0, 0.05) is 22.2 Å². The maximum atomic E-state index is 10.7. The van der Waals surface area contributed by atoms with E-state index in [1.165, 1.54) is 17.8 Å². The second-order valence-electron chi connectivity index (χ2n) is 2.95. The summed E-state index contributed by atoms with van der Waals surface area (Å²) in [5, 5.41) is 11.2. The van der Waals surface area contributed by atoms with Crippen molar-refractivity contribution in [2.75, 3.05) is 5.88 Å². The van der Waals surface area contributed by atoms with Crippen LogP contribution in [0.25, 0.3) is 0 Å². The molecule has 0 saturated carbocycles. The minimum absolute atomic E-state index is 0.0319. The van der Waals surface area contributed by atoms with Gasteiger partial charge in [0.25, 0.3) is 5.69 Å². The summed E-state index contributed by atoms with van der Waals surface area (Å²) < 4.78 is 0. The molecule has 3 nitrogen and oxygen atoms in total. The fourth-order valence-corrected chi connectivity index (χ4v) is 2.23. The third kappa shape index (κ3) is 3.55. The maximum Gasteiger partial charge on any atom is 0.284 e. The lowest BCUT2D eigenvalue weighted by Gasteiger charge is -2.07. The molecular weight excluding hydrogens is 257 g/mol. The molecule has 1 atom stereocenters. The molecule has 0 N–H and O–H groups in total. The zero-order valence-electron chi connectivity index (χ0n) is 7.94. The van der Waals surface area contributed by atoms with E-state index in [0.29, 0.717) is 15.8 Å². The molecule has 82 valence electrons. The van der Waals surface area contributed by atoms with Crippen molar-refractivity contribution < 1.29 is 4.92 Å². The van der Waals surface area contributed by atoms with Crippen LogP contribution >= 0.6 is 35.0 Å². The van der Waals surface area contributed by atoms with Crippen molar-refractivity contribution in [3.8, 4) is 0 Å². The molecule has 15 heavy (non-hydrogen) atoms. The second-order valence-corrected chi connectivity index (χ2v) is 5.18. The summed E-state index contributed by atoms with van der Waals surface area (Å²) in [4.78, 5) is 10.9. The van der Waals surface area contributed by atoms with Crippen LogP contribution in [0, 0.1) is 10.1 Å². The van der Waals surface area contributed by atoms with E-state index in [1.807, 2.05) is 6.92 Å². The van der Waals surface area contributed by atoms with E-state index in [1.54, 1.807) is 12.1 Å². The number of hydrogen-bond acceptors (Lipinski definition) is 3. The number of rotatable bonds is 4. The Morgan fingerprint density at radius 2 is 2.27 bits per heavy atom. The van der Waals surface area contributed by atoms with Gasteiger partial charge in [-0.25, -0.2) is 0 Å². The van der Waals surface area contributed by atoms with Gasteiger partial charge in [0.1, 0.15) is 0 Å². The molecule has 0 spiro atoms. The molecule has 0 fully saturated rings. The predicted molar refractivity (Wildman–Crippen MR) is 64.1 cm³/mol. The summed E-state index contributed by atoms with van der Waals surface area (Å²) in [6.45, 7) is 1.91. The van der Waals surface area contributed by atoms with Gasteiger partial charge in [0.05, 0.1) is 9.82 Å². The minimum atomic E-state index is -0.435. The van der Waals surface area contributed by atoms with Crippen molar-refractivity contribution in [3.05, 3.63) is 33.3 Å². The molecule has 0 bridgehead atoms. The van der Waals surface area contributed by atoms with Crippen molar-refractivity contribution in [3.63, 3.8) is 0 Å². The summed E-state index contributed by atoms with van der Waals surface area (Å²) in [6, 6.07) is 4.64. The topological polar surface area (TPSA) is 43.1 Å². The van der Waals surface area contributed by atoms with Gasteiger partial charge < -0.3 is 0 Å². The first-order valence-electron chi connectivity index (χ1n) is 4.21. The van der Waals surface area contributed by atoms with Crippen molar-refractivity contribution in [1.82, 2.24) is 0 Å². The van der Waals surface area contributed by atoms with Crippen molar-refractivity contribution in [2.45, 2.75) is 17.1 Å². The van der Waals surface area contributed by atoms with E-state index in [-0.39, 0.29) is 10.9 Å². The smallest absolute Gasteiger partial charge is 0.258 e. The minimum Gasteiger partial charge on any atom is -0.258 e. The molecular formula is C9H9Cl2NO2S. The van der Waals surface area contributed by atoms with Crippen molar-refractivity contribution in [2.24, 2.45) is 0 Å². The van der Waals surface area contributed by atoms with Crippen LogP contribution in [0.3, 0.4) is 0 Å². The SMILES string of the molecule is CC(CCl)Sc1ccc(Cl)cc1[N+](=O)[O-]. The summed E-state index contributed by atoms with van der Waals surface area (Å²) in [5.41, 5.74) is 0.0319. The van der Waals surface area contributed by atoms with E-state index in [9.17, 15) is 10.1 Å². The monoisotopic (exact) mass is 265 g/mol. The molecule has 1 unspecified atom stereocenters. The second kappa shape index (κ2) is 5.58. The Hall–Kier alpha value is -0.450. The highest BCUT2D eigenvalue weighted by Gasteiger charge is 2.16. The van der Waals surface area contributed by atoms with Crippen LogP contribution in [-0.4, -0.2) is 16.1 Å². The Morgan fingerprint density at radius 3 is 2.80 bits per heavy atom. The first-order chi connectivity index (χ1) is 7.04. The van der Waals surface area contributed by atoms with E-state index in [0.717, 1.165) is 0 Å². The number of alkyl halides is 1. The van der Waals surface area contributed by atoms with Crippen LogP contribution in [0.2, 0.25) is 5.02 Å². The first kappa shape index (κ1) is 12.6. The Bertz CT molecular complexity index is 373. The van der Waals surface area contributed by atoms with Crippen LogP contribution in [-0.2, 0) is 0 Å². The van der Waals surface area contributed by atoms with Gasteiger partial charge >= 0.3 is 0 Å². The fraction of sp³-hybridized carbons (Fsp3) is 0.333. The number of thioether (sulfide) groups is 1. The van der Waals surface area contributed by atoms with E-state index in [2.05, 4.69) is 0 Å². The van der Waals surface area contributed by atoms with Crippen LogP contribution in [0.1, 0.15) is 6.92 Å². The van der Waals surface area contributed by atoms with E-state index >= 15 is 0 Å². The summed E-state index contributed by atoms with van der Waals surface area (Å²) >= 11 is 12.7. The molecule has 1 aromatic rings. The Kier molecular flexibility index (Phi) is 4.70. The molecule has 0 saturated heterocycles. The molecule has 0 heterocycles. The lowest BCUT2D eigenvalue weighted by atomic mass is 10.3. The number of benzene rings is 1. The van der Waals surface area contributed by atoms with Crippen LogP contribution in [0.4, 0.5) is 5.69 Å². The molecule has 1 rings (SSSR count). The zero-order valence-corrected chi connectivity index (χ0v) is 10.3. The van der Waals surface area contributed by atoms with Crippen molar-refractivity contribution >= 4 is 40.7 Å². The Balaban J connectivity index is 3.01. The lowest BCUT2D eigenvalue weighted by molar-refractivity contribution is -0.387. The Morgan fingerprint density at radius 1 is 1.60 bits per heavy atom. The molecule has 0 radical (unpaired) electrons. The van der Waals surface area contributed by atoms with E-state index < -0.39 is 4.92 Å². The lowest BCUT2D eigenvalue weighted by Crippen LogP contribution is -1.98. The van der Waals surface area contributed by atoms with E-state index in [4.69, 9.17) is 23.2 Å². The van der Waals surface area contributed by atoms with Crippen molar-refractivity contribution in [1.29, 1.82) is 0 Å². The third-order valence-corrected chi connectivity index (χ3v) is 3.71. The van der Waals surface area contributed by atoms with Gasteiger partial charge in [-0.15, -0.1) is 23.4 Å². The van der Waals surface area contributed by atoms with Gasteiger partial charge in [-0.2, -0.15) is 0 Å². The quantitative estimate of drug-likeness (QED) is 0.358. The predicted octanol–water partition coefficient (Wildman–Crippen LogP) is 3.97. The molecule has 0 aliphatic carbocycles. The molecule has 0 aliphatic rings. The summed E-state index contributed by atoms with van der Waals surface area (Å²) in [6.07, 6.45) is 0. The zero-order chi connectivity index (χ0) is 11.4. The average molecular weight is 266 g/mol. The standard InChI is InChI=1S/C9H9Cl2NO2S/c1-6(5-10)15-9-3-2-7(11)4-8(9)12(13)14/h2-4,6H,5H2,1H3. The summed E-state index contributed by atoms with van der Waals surface area (Å²) in [5.74, 6) is 0.449. The largest absolute Gasteiger partial charge is 0.284 e. The highest BCUT2D eigenvalue weighted by Crippen LogP contribution is 2.34. The van der Waals surface area contributed by atoms with Crippen LogP contribution in [0.15, 0.2) is 23.1 Å². The molecule has 0 aliphatic heterocycles. The van der Waals surface area contributed by atoms with Gasteiger partial charge in [-0.3, -0.25) is 10.1 Å². The fourth-order valence-electron chi connectivity index (χ4n) is 0.981. The number of halogens is 2. The average Bonchev–Trinajstić information content (AvgIpc) is 2.20. The molecule has 0 amide bonds. The number of nitro benzene ring substituents is 1. The molecule has 1 aromatic carbocycles. The highest BCUT2D eigenvalue weighted by molar-refractivity contribution is 8.00. The van der Waals surface area contributed by atoms with Gasteiger partial charge in [-0.1, -0.05) is 18.5 Å². The van der Waals surface area contributed by atoms with Gasteiger partial charge in [0.2, 0.25) is 0 Å². The maximum absolute atomic E-state index is 10.7. The third-order valence-electron chi connectivity index (χ3n) is 1.66. The normalized spacial score (nSPS) is 12.5. The van der Waals surface area contributed by atoms with Gasteiger partial charge in [0.15, 0.2) is 0 Å². The van der Waals surface area contributed by atoms with Crippen LogP contribution < -0.4 is 0 Å². The first-order valence-corrected chi connectivity index (χ1v) is 6.00. The molecule has 6 heteroatoms. The van der Waals surface area contributed by atoms with Crippen LogP contribution in [0.5, 0.6) is 0 Å². The molecule has 0 aromatic heterocycles. The Labute approximate surface area is 102 Å². The number of nitro groups is 1. The number of hydrogen-bond donors (Lipinski definition) is 0. The summed E-state index contributed by atoms with van der Waals surface area (Å²) in [7, 11) is 0.